The first-order valence-electron chi connectivity index (χ1n) is 10.8. The highest BCUT2D eigenvalue weighted by atomic mass is 15.3. The number of aliphatic imine (C=N–C) groups is 1. The van der Waals surface area contributed by atoms with Crippen LogP contribution in [0.5, 0.6) is 0 Å². The van der Waals surface area contributed by atoms with Gasteiger partial charge in [-0.25, -0.2) is 4.99 Å². The van der Waals surface area contributed by atoms with Crippen LogP contribution in [0.1, 0.15) is 53.9 Å². The molecule has 1 aliphatic heterocycles. The van der Waals surface area contributed by atoms with Gasteiger partial charge in [-0.05, 0) is 59.2 Å². The van der Waals surface area contributed by atoms with Gasteiger partial charge < -0.3 is 10.6 Å². The summed E-state index contributed by atoms with van der Waals surface area (Å²) in [6.45, 7) is 13.1. The Morgan fingerprint density at radius 1 is 1.10 bits per heavy atom. The second-order valence-corrected chi connectivity index (χ2v) is 8.02. The van der Waals surface area contributed by atoms with Crippen molar-refractivity contribution in [2.45, 2.75) is 53.1 Å². The van der Waals surface area contributed by atoms with Crippen LogP contribution in [-0.4, -0.2) is 46.8 Å². The van der Waals surface area contributed by atoms with Crippen LogP contribution in [0.3, 0.4) is 0 Å². The summed E-state index contributed by atoms with van der Waals surface area (Å²) in [5, 5.41) is 11.5. The monoisotopic (exact) mass is 396 g/mol. The fraction of sp³-hybridized carbons (Fsp3) is 0.565. The minimum Gasteiger partial charge on any atom is -0.357 e. The Labute approximate surface area is 175 Å². The minimum absolute atomic E-state index is 0.365. The largest absolute Gasteiger partial charge is 0.357 e. The number of guanidine groups is 1. The molecule has 0 spiro atoms. The van der Waals surface area contributed by atoms with Crippen molar-refractivity contribution in [2.24, 2.45) is 12.0 Å². The molecule has 0 amide bonds. The van der Waals surface area contributed by atoms with Gasteiger partial charge in [-0.1, -0.05) is 29.8 Å². The molecule has 1 aromatic carbocycles. The lowest BCUT2D eigenvalue weighted by molar-refractivity contribution is 0.245. The van der Waals surface area contributed by atoms with Crippen LogP contribution < -0.4 is 10.6 Å². The molecule has 0 saturated carbocycles. The Morgan fingerprint density at radius 3 is 2.38 bits per heavy atom. The van der Waals surface area contributed by atoms with Crippen molar-refractivity contribution in [3.63, 3.8) is 0 Å². The highest BCUT2D eigenvalue weighted by molar-refractivity contribution is 5.79. The van der Waals surface area contributed by atoms with Gasteiger partial charge in [0.15, 0.2) is 5.96 Å². The molecule has 0 bridgehead atoms. The van der Waals surface area contributed by atoms with Crippen molar-refractivity contribution >= 4 is 5.96 Å². The number of benzene rings is 1. The van der Waals surface area contributed by atoms with Crippen molar-refractivity contribution < 1.29 is 0 Å². The summed E-state index contributed by atoms with van der Waals surface area (Å²) in [6, 6.07) is 9.33. The molecule has 0 aliphatic carbocycles. The first-order valence-corrected chi connectivity index (χ1v) is 10.8. The second-order valence-electron chi connectivity index (χ2n) is 8.02. The number of hydrogen-bond donors (Lipinski definition) is 2. The van der Waals surface area contributed by atoms with E-state index in [0.29, 0.717) is 12.6 Å². The van der Waals surface area contributed by atoms with Crippen molar-refractivity contribution in [3.05, 3.63) is 52.3 Å². The zero-order chi connectivity index (χ0) is 20.8. The van der Waals surface area contributed by atoms with Gasteiger partial charge in [0.05, 0.1) is 18.3 Å². The molecule has 2 N–H and O–H groups in total. The predicted octanol–water partition coefficient (Wildman–Crippen LogP) is 3.24. The molecule has 2 heterocycles. The van der Waals surface area contributed by atoms with E-state index in [-0.39, 0.29) is 0 Å². The highest BCUT2D eigenvalue weighted by Crippen LogP contribution is 2.25. The molecule has 158 valence electrons. The lowest BCUT2D eigenvalue weighted by Crippen LogP contribution is -2.42. The summed E-state index contributed by atoms with van der Waals surface area (Å²) >= 11 is 0. The molecule has 1 aromatic heterocycles. The van der Waals surface area contributed by atoms with E-state index in [4.69, 9.17) is 4.99 Å². The Morgan fingerprint density at radius 2 is 1.79 bits per heavy atom. The molecule has 0 radical (unpaired) electrons. The average Bonchev–Trinajstić information content (AvgIpc) is 3.31. The Hall–Kier alpha value is -2.34. The Bertz CT molecular complexity index is 815. The van der Waals surface area contributed by atoms with E-state index in [1.807, 2.05) is 11.7 Å². The highest BCUT2D eigenvalue weighted by Gasteiger charge is 2.23. The number of nitrogens with zero attached hydrogens (tertiary/aromatic N) is 4. The van der Waals surface area contributed by atoms with Gasteiger partial charge in [0, 0.05) is 31.4 Å². The van der Waals surface area contributed by atoms with E-state index in [2.05, 4.69) is 72.6 Å². The van der Waals surface area contributed by atoms with E-state index in [0.717, 1.165) is 24.7 Å². The number of likely N-dealkylation sites (tertiary alicyclic amines) is 1. The number of hydrogen-bond acceptors (Lipinski definition) is 3. The zero-order valence-electron chi connectivity index (χ0n) is 18.6. The molecular formula is C23H36N6. The third-order valence-electron chi connectivity index (χ3n) is 5.90. The molecule has 2 aromatic rings. The van der Waals surface area contributed by atoms with Gasteiger partial charge in [-0.2, -0.15) is 5.10 Å². The summed E-state index contributed by atoms with van der Waals surface area (Å²) in [5.41, 5.74) is 6.12. The quantitative estimate of drug-likeness (QED) is 0.557. The molecule has 29 heavy (non-hydrogen) atoms. The number of aryl methyl sites for hydroxylation is 3. The summed E-state index contributed by atoms with van der Waals surface area (Å²) in [6.07, 6.45) is 2.58. The molecule has 1 unspecified atom stereocenters. The smallest absolute Gasteiger partial charge is 0.191 e. The van der Waals surface area contributed by atoms with Crippen molar-refractivity contribution in [1.29, 1.82) is 0 Å². The topological polar surface area (TPSA) is 57.5 Å². The maximum atomic E-state index is 4.85. The van der Waals surface area contributed by atoms with Crippen molar-refractivity contribution in [1.82, 2.24) is 25.3 Å². The normalized spacial score (nSPS) is 16.2. The van der Waals surface area contributed by atoms with Crippen molar-refractivity contribution in [3.8, 4) is 0 Å². The average molecular weight is 397 g/mol. The Balaban J connectivity index is 1.72. The third-order valence-corrected chi connectivity index (χ3v) is 5.90. The van der Waals surface area contributed by atoms with Gasteiger partial charge in [0.1, 0.15) is 0 Å². The van der Waals surface area contributed by atoms with E-state index >= 15 is 0 Å². The van der Waals surface area contributed by atoms with Crippen LogP contribution >= 0.6 is 0 Å². The zero-order valence-corrected chi connectivity index (χ0v) is 18.6. The van der Waals surface area contributed by atoms with Crippen LogP contribution in [0, 0.1) is 20.8 Å². The third kappa shape index (κ3) is 5.38. The van der Waals surface area contributed by atoms with Crippen LogP contribution in [0.4, 0.5) is 0 Å². The molecular weight excluding hydrogens is 360 g/mol. The predicted molar refractivity (Wildman–Crippen MR) is 120 cm³/mol. The first kappa shape index (κ1) is 21.4. The number of rotatable bonds is 7. The van der Waals surface area contributed by atoms with Gasteiger partial charge in [-0.15, -0.1) is 0 Å². The van der Waals surface area contributed by atoms with E-state index < -0.39 is 0 Å². The summed E-state index contributed by atoms with van der Waals surface area (Å²) in [7, 11) is 1.99. The van der Waals surface area contributed by atoms with Gasteiger partial charge >= 0.3 is 0 Å². The molecule has 1 saturated heterocycles. The molecule has 3 rings (SSSR count). The maximum absolute atomic E-state index is 4.85. The minimum atomic E-state index is 0.365. The van der Waals surface area contributed by atoms with E-state index in [9.17, 15) is 0 Å². The number of nitrogens with one attached hydrogen (secondary N) is 2. The fourth-order valence-electron chi connectivity index (χ4n) is 4.04. The second kappa shape index (κ2) is 9.92. The van der Waals surface area contributed by atoms with Crippen LogP contribution in [0.25, 0.3) is 0 Å². The number of aromatic nitrogens is 2. The summed E-state index contributed by atoms with van der Waals surface area (Å²) < 4.78 is 1.93. The van der Waals surface area contributed by atoms with Gasteiger partial charge in [0.25, 0.3) is 0 Å². The van der Waals surface area contributed by atoms with E-state index in [1.54, 1.807) is 0 Å². The lowest BCUT2D eigenvalue weighted by atomic mass is 10.0. The van der Waals surface area contributed by atoms with Crippen LogP contribution in [-0.2, 0) is 13.6 Å². The van der Waals surface area contributed by atoms with Crippen molar-refractivity contribution in [2.75, 3.05) is 26.2 Å². The van der Waals surface area contributed by atoms with Crippen LogP contribution in [0.2, 0.25) is 0 Å². The molecule has 1 fully saturated rings. The Kier molecular flexibility index (Phi) is 7.31. The fourth-order valence-corrected chi connectivity index (χ4v) is 4.04. The summed E-state index contributed by atoms with van der Waals surface area (Å²) in [5.74, 6) is 0.867. The maximum Gasteiger partial charge on any atom is 0.191 e. The molecule has 6 heteroatoms. The standard InChI is InChI=1S/C23H36N6/c1-6-24-23(25-15-21-18(3)27-28(5)19(21)4)26-16-22(29-13-7-8-14-29)20-11-9-17(2)10-12-20/h9-12,22H,6-8,13-16H2,1-5H3,(H2,24,25,26). The van der Waals surface area contributed by atoms with E-state index in [1.165, 1.54) is 48.3 Å². The van der Waals surface area contributed by atoms with Gasteiger partial charge in [-0.3, -0.25) is 9.58 Å². The van der Waals surface area contributed by atoms with Crippen LogP contribution in [0.15, 0.2) is 29.3 Å². The molecule has 1 aliphatic rings. The molecule has 1 atom stereocenters. The molecule has 6 nitrogen and oxygen atoms in total. The lowest BCUT2D eigenvalue weighted by Gasteiger charge is -2.29. The first-order chi connectivity index (χ1) is 14.0. The summed E-state index contributed by atoms with van der Waals surface area (Å²) in [4.78, 5) is 7.44. The van der Waals surface area contributed by atoms with Gasteiger partial charge in [0.2, 0.25) is 0 Å². The SMILES string of the molecule is CCNC(=NCc1c(C)nn(C)c1C)NCC(c1ccc(C)cc1)N1CCCC1.